The van der Waals surface area contributed by atoms with Crippen molar-refractivity contribution in [1.29, 1.82) is 0 Å². The fourth-order valence-corrected chi connectivity index (χ4v) is 6.67. The van der Waals surface area contributed by atoms with Gasteiger partial charge in [-0.05, 0) is 55.2 Å². The third-order valence-electron chi connectivity index (χ3n) is 8.94. The number of nitrogens with one attached hydrogen (secondary N) is 1. The van der Waals surface area contributed by atoms with Crippen molar-refractivity contribution in [2.75, 3.05) is 60.6 Å². The van der Waals surface area contributed by atoms with Crippen LogP contribution < -0.4 is 20.9 Å². The van der Waals surface area contributed by atoms with Crippen LogP contribution in [0, 0.1) is 5.82 Å². The Morgan fingerprint density at radius 1 is 0.905 bits per heavy atom. The van der Waals surface area contributed by atoms with Crippen LogP contribution in [-0.2, 0) is 6.42 Å². The average Bonchev–Trinajstić information content (AvgIpc) is 3.33. The number of hydrogen-bond donors (Lipinski definition) is 2. The van der Waals surface area contributed by atoms with Crippen LogP contribution >= 0.6 is 0 Å². The van der Waals surface area contributed by atoms with E-state index in [0.717, 1.165) is 61.7 Å². The number of benzene rings is 2. The average molecular weight is 569 g/mol. The topological polar surface area (TPSA) is 104 Å². The van der Waals surface area contributed by atoms with E-state index in [2.05, 4.69) is 59.5 Å². The Kier molecular flexibility index (Phi) is 7.10. The van der Waals surface area contributed by atoms with Gasteiger partial charge >= 0.3 is 0 Å². The number of anilines is 5. The van der Waals surface area contributed by atoms with Gasteiger partial charge in [-0.15, -0.1) is 15.3 Å². The number of nitrogens with two attached hydrogens (primary N) is 1. The summed E-state index contributed by atoms with van der Waals surface area (Å²) in [6.45, 7) is 4.48. The first-order valence-electron chi connectivity index (χ1n) is 15.0. The van der Waals surface area contributed by atoms with E-state index in [1.54, 1.807) is 0 Å². The minimum atomic E-state index is -0.266. The van der Waals surface area contributed by atoms with Gasteiger partial charge in [0.1, 0.15) is 5.82 Å². The Balaban J connectivity index is 1.09. The van der Waals surface area contributed by atoms with Crippen molar-refractivity contribution in [3.63, 3.8) is 0 Å². The number of rotatable bonds is 5. The zero-order valence-electron chi connectivity index (χ0n) is 24.0. The van der Waals surface area contributed by atoms with Crippen LogP contribution in [-0.4, -0.2) is 75.7 Å². The minimum Gasteiger partial charge on any atom is -0.374 e. The quantitative estimate of drug-likeness (QED) is 0.356. The maximum Gasteiger partial charge on any atom is 0.241 e. The van der Waals surface area contributed by atoms with E-state index in [1.165, 1.54) is 42.9 Å². The summed E-state index contributed by atoms with van der Waals surface area (Å²) in [7, 11) is 2.08. The fourth-order valence-electron chi connectivity index (χ4n) is 6.67. The maximum absolute atomic E-state index is 15.4. The Bertz CT molecular complexity index is 1570. The summed E-state index contributed by atoms with van der Waals surface area (Å²) in [5, 5.41) is 16.6. The molecular weight excluding hydrogens is 531 g/mol. The highest BCUT2D eigenvalue weighted by Gasteiger charge is 2.26. The molecule has 0 amide bonds. The lowest BCUT2D eigenvalue weighted by atomic mass is 9.94. The van der Waals surface area contributed by atoms with E-state index in [0.29, 0.717) is 29.2 Å². The van der Waals surface area contributed by atoms with E-state index in [1.807, 2.05) is 30.3 Å². The molecule has 2 aromatic heterocycles. The standard InChI is InChI=1S/C31H37FN10/c1-39-14-13-21-19-28(36-37-29(21)24-9-5-6-10-26(24)39)42-31(35-30(33)38-42)34-22-11-12-27(25(32)20-22)41-17-15-40(16-18-41)23-7-3-2-4-8-23/h5-6,9-12,19-20,23H,2-4,7-8,13-18H2,1H3,(H3,33,34,35,38). The third-order valence-corrected chi connectivity index (χ3v) is 8.94. The molecule has 0 unspecified atom stereocenters. The molecule has 4 heterocycles. The number of fused-ring (bicyclic) bond motifs is 3. The third kappa shape index (κ3) is 5.13. The first-order chi connectivity index (χ1) is 20.5. The second-order valence-electron chi connectivity index (χ2n) is 11.6. The molecule has 218 valence electrons. The molecule has 11 heteroatoms. The number of likely N-dealkylation sites (N-methyl/N-ethyl adjacent to an activating group) is 1. The number of halogens is 1. The van der Waals surface area contributed by atoms with Gasteiger partial charge < -0.3 is 20.9 Å². The lowest BCUT2D eigenvalue weighted by Gasteiger charge is -2.41. The van der Waals surface area contributed by atoms with Crippen molar-refractivity contribution < 1.29 is 4.39 Å². The molecule has 2 aromatic carbocycles. The number of hydrogen-bond acceptors (Lipinski definition) is 9. The Labute approximate surface area is 245 Å². The molecule has 0 spiro atoms. The first kappa shape index (κ1) is 26.6. The fraction of sp³-hybridized carbons (Fsp3) is 0.419. The van der Waals surface area contributed by atoms with Gasteiger partial charge in [0, 0.05) is 62.8 Å². The number of piperazine rings is 1. The minimum absolute atomic E-state index is 0.0900. The summed E-state index contributed by atoms with van der Waals surface area (Å²) >= 11 is 0. The molecule has 42 heavy (non-hydrogen) atoms. The van der Waals surface area contributed by atoms with Gasteiger partial charge in [0.05, 0.1) is 11.4 Å². The van der Waals surface area contributed by atoms with Gasteiger partial charge in [0.2, 0.25) is 11.9 Å². The summed E-state index contributed by atoms with van der Waals surface area (Å²) in [5.74, 6) is 0.668. The van der Waals surface area contributed by atoms with Gasteiger partial charge in [-0.3, -0.25) is 4.90 Å². The lowest BCUT2D eigenvalue weighted by Crippen LogP contribution is -2.51. The van der Waals surface area contributed by atoms with Gasteiger partial charge in [0.15, 0.2) is 5.82 Å². The molecule has 7 rings (SSSR count). The molecule has 1 saturated carbocycles. The van der Waals surface area contributed by atoms with E-state index < -0.39 is 0 Å². The molecular formula is C31H37FN10. The molecule has 4 aromatic rings. The van der Waals surface area contributed by atoms with E-state index in [4.69, 9.17) is 5.73 Å². The van der Waals surface area contributed by atoms with Crippen LogP contribution in [0.1, 0.15) is 37.7 Å². The van der Waals surface area contributed by atoms with Crippen LogP contribution in [0.25, 0.3) is 17.1 Å². The summed E-state index contributed by atoms with van der Waals surface area (Å²) in [6, 6.07) is 16.1. The van der Waals surface area contributed by atoms with Crippen molar-refractivity contribution in [3.05, 3.63) is 59.9 Å². The Morgan fingerprint density at radius 3 is 2.52 bits per heavy atom. The molecule has 2 aliphatic heterocycles. The first-order valence-corrected chi connectivity index (χ1v) is 15.0. The maximum atomic E-state index is 15.4. The van der Waals surface area contributed by atoms with E-state index in [9.17, 15) is 0 Å². The number of aromatic nitrogens is 5. The normalized spacial score (nSPS) is 18.0. The number of para-hydroxylation sites is 1. The molecule has 0 radical (unpaired) electrons. The van der Waals surface area contributed by atoms with Gasteiger partial charge in [-0.1, -0.05) is 37.5 Å². The zero-order valence-corrected chi connectivity index (χ0v) is 24.0. The Morgan fingerprint density at radius 2 is 1.71 bits per heavy atom. The number of nitrogens with zero attached hydrogens (tertiary/aromatic N) is 8. The molecule has 0 atom stereocenters. The Hall–Kier alpha value is -4.25. The van der Waals surface area contributed by atoms with Crippen LogP contribution in [0.4, 0.5) is 33.3 Å². The van der Waals surface area contributed by atoms with Crippen molar-refractivity contribution >= 4 is 29.0 Å². The van der Waals surface area contributed by atoms with Crippen LogP contribution in [0.15, 0.2) is 48.5 Å². The highest BCUT2D eigenvalue weighted by Crippen LogP contribution is 2.35. The van der Waals surface area contributed by atoms with E-state index in [-0.39, 0.29) is 11.8 Å². The second-order valence-corrected chi connectivity index (χ2v) is 11.6. The lowest BCUT2D eigenvalue weighted by molar-refractivity contribution is 0.147. The molecule has 1 saturated heterocycles. The molecule has 3 N–H and O–H groups in total. The van der Waals surface area contributed by atoms with Crippen LogP contribution in [0.5, 0.6) is 0 Å². The van der Waals surface area contributed by atoms with Crippen molar-refractivity contribution in [2.24, 2.45) is 0 Å². The predicted molar refractivity (Wildman–Crippen MR) is 164 cm³/mol. The summed E-state index contributed by atoms with van der Waals surface area (Å²) in [5.41, 5.74) is 11.3. The van der Waals surface area contributed by atoms with Gasteiger partial charge in [-0.25, -0.2) is 4.39 Å². The van der Waals surface area contributed by atoms with Crippen molar-refractivity contribution in [1.82, 2.24) is 29.9 Å². The van der Waals surface area contributed by atoms with Crippen LogP contribution in [0.2, 0.25) is 0 Å². The SMILES string of the molecule is CN1CCc2cc(-n3nc(N)nc3Nc3ccc(N4CCN(C5CCCCC5)CC4)c(F)c3)nnc2-c2ccccc21. The van der Waals surface area contributed by atoms with Gasteiger partial charge in [0.25, 0.3) is 0 Å². The zero-order chi connectivity index (χ0) is 28.6. The largest absolute Gasteiger partial charge is 0.374 e. The molecule has 0 bridgehead atoms. The monoisotopic (exact) mass is 568 g/mol. The van der Waals surface area contributed by atoms with Gasteiger partial charge in [-0.2, -0.15) is 9.67 Å². The predicted octanol–water partition coefficient (Wildman–Crippen LogP) is 4.64. The smallest absolute Gasteiger partial charge is 0.241 e. The van der Waals surface area contributed by atoms with E-state index >= 15 is 4.39 Å². The highest BCUT2D eigenvalue weighted by molar-refractivity contribution is 5.79. The van der Waals surface area contributed by atoms with Crippen molar-refractivity contribution in [2.45, 2.75) is 44.6 Å². The summed E-state index contributed by atoms with van der Waals surface area (Å²) in [4.78, 5) is 11.3. The number of nitrogen functional groups attached to an aromatic ring is 1. The van der Waals surface area contributed by atoms with Crippen molar-refractivity contribution in [3.8, 4) is 17.1 Å². The summed E-state index contributed by atoms with van der Waals surface area (Å²) < 4.78 is 16.9. The highest BCUT2D eigenvalue weighted by atomic mass is 19.1. The molecule has 2 fully saturated rings. The molecule has 10 nitrogen and oxygen atoms in total. The van der Waals surface area contributed by atoms with Crippen LogP contribution in [0.3, 0.4) is 0 Å². The summed E-state index contributed by atoms with van der Waals surface area (Å²) in [6.07, 6.45) is 7.42. The molecule has 1 aliphatic carbocycles. The second kappa shape index (κ2) is 11.2. The molecule has 3 aliphatic rings.